The summed E-state index contributed by atoms with van der Waals surface area (Å²) >= 11 is 0. The Morgan fingerprint density at radius 2 is 1.86 bits per heavy atom. The molecule has 1 aliphatic heterocycles. The smallest absolute Gasteiger partial charge is 0.259 e. The molecule has 1 saturated heterocycles. The van der Waals surface area contributed by atoms with Crippen LogP contribution >= 0.6 is 0 Å². The summed E-state index contributed by atoms with van der Waals surface area (Å²) in [6.07, 6.45) is 2.36. The van der Waals surface area contributed by atoms with Gasteiger partial charge in [0, 0.05) is 13.1 Å². The Bertz CT molecular complexity index is 691. The molecule has 0 bridgehead atoms. The lowest BCUT2D eigenvalue weighted by molar-refractivity contribution is 0.102. The predicted molar refractivity (Wildman–Crippen MR) is 88.7 cm³/mol. The zero-order valence-corrected chi connectivity index (χ0v) is 12.7. The van der Waals surface area contributed by atoms with Crippen LogP contribution in [0.25, 0.3) is 0 Å². The number of phenolic OH excluding ortho intramolecular Hbond substituents is 1. The number of carbonyl (C=O) groups excluding carboxylic acids is 1. The molecule has 114 valence electrons. The van der Waals surface area contributed by atoms with Crippen LogP contribution < -0.4 is 10.2 Å². The van der Waals surface area contributed by atoms with Gasteiger partial charge in [0.15, 0.2) is 0 Å². The van der Waals surface area contributed by atoms with Gasteiger partial charge in [-0.05, 0) is 44.0 Å². The number of phenols is 1. The number of anilines is 2. The van der Waals surface area contributed by atoms with Crippen LogP contribution in [0.4, 0.5) is 11.4 Å². The van der Waals surface area contributed by atoms with Gasteiger partial charge in [-0.3, -0.25) is 4.79 Å². The number of benzene rings is 2. The summed E-state index contributed by atoms with van der Waals surface area (Å²) in [7, 11) is 0. The highest BCUT2D eigenvalue weighted by atomic mass is 16.3. The van der Waals surface area contributed by atoms with E-state index in [1.165, 1.54) is 12.8 Å². The molecule has 0 spiro atoms. The molecule has 2 N–H and O–H groups in total. The van der Waals surface area contributed by atoms with E-state index < -0.39 is 0 Å². The molecule has 0 radical (unpaired) electrons. The van der Waals surface area contributed by atoms with Crippen molar-refractivity contribution >= 4 is 17.3 Å². The summed E-state index contributed by atoms with van der Waals surface area (Å²) in [4.78, 5) is 14.7. The summed E-state index contributed by atoms with van der Waals surface area (Å²) in [6, 6.07) is 12.8. The van der Waals surface area contributed by atoms with Crippen LogP contribution in [0.1, 0.15) is 28.8 Å². The maximum absolute atomic E-state index is 12.5. The number of aryl methyl sites for hydroxylation is 1. The summed E-state index contributed by atoms with van der Waals surface area (Å²) in [5.41, 5.74) is 3.07. The topological polar surface area (TPSA) is 52.6 Å². The fraction of sp³-hybridized carbons (Fsp3) is 0.278. The summed E-state index contributed by atoms with van der Waals surface area (Å²) in [5, 5.41) is 12.8. The normalized spacial score (nSPS) is 14.1. The Kier molecular flexibility index (Phi) is 4.00. The van der Waals surface area contributed by atoms with E-state index in [0.717, 1.165) is 30.0 Å². The SMILES string of the molecule is Cc1ccc(O)c(C(=O)Nc2ccccc2N2CCCC2)c1. The Morgan fingerprint density at radius 3 is 2.64 bits per heavy atom. The minimum atomic E-state index is -0.284. The van der Waals surface area contributed by atoms with E-state index in [1.807, 2.05) is 31.2 Å². The van der Waals surface area contributed by atoms with Crippen molar-refractivity contribution in [2.24, 2.45) is 0 Å². The first kappa shape index (κ1) is 14.4. The molecule has 22 heavy (non-hydrogen) atoms. The number of nitrogens with zero attached hydrogens (tertiary/aromatic N) is 1. The lowest BCUT2D eigenvalue weighted by Gasteiger charge is -2.21. The number of para-hydroxylation sites is 2. The second kappa shape index (κ2) is 6.10. The largest absolute Gasteiger partial charge is 0.507 e. The van der Waals surface area contributed by atoms with Crippen LogP contribution in [0.5, 0.6) is 5.75 Å². The van der Waals surface area contributed by atoms with Gasteiger partial charge in [-0.1, -0.05) is 23.8 Å². The van der Waals surface area contributed by atoms with Gasteiger partial charge in [-0.25, -0.2) is 0 Å². The molecule has 1 aliphatic rings. The third-order valence-corrected chi connectivity index (χ3v) is 4.00. The molecule has 0 saturated carbocycles. The van der Waals surface area contributed by atoms with Crippen molar-refractivity contribution in [3.05, 3.63) is 53.6 Å². The highest BCUT2D eigenvalue weighted by Gasteiger charge is 2.18. The standard InChI is InChI=1S/C18H20N2O2/c1-13-8-9-17(21)14(12-13)18(22)19-15-6-2-3-7-16(15)20-10-4-5-11-20/h2-3,6-9,12,21H,4-5,10-11H2,1H3,(H,19,22). The van der Waals surface area contributed by atoms with Crippen LogP contribution in [0, 0.1) is 6.92 Å². The van der Waals surface area contributed by atoms with E-state index in [-0.39, 0.29) is 11.7 Å². The zero-order chi connectivity index (χ0) is 15.5. The molecule has 1 heterocycles. The molecule has 4 heteroatoms. The maximum atomic E-state index is 12.5. The van der Waals surface area contributed by atoms with Crippen molar-refractivity contribution in [1.29, 1.82) is 0 Å². The van der Waals surface area contributed by atoms with Crippen molar-refractivity contribution in [2.45, 2.75) is 19.8 Å². The van der Waals surface area contributed by atoms with Gasteiger partial charge in [0.2, 0.25) is 0 Å². The summed E-state index contributed by atoms with van der Waals surface area (Å²) in [5.74, 6) is -0.283. The van der Waals surface area contributed by atoms with E-state index in [2.05, 4.69) is 10.2 Å². The van der Waals surface area contributed by atoms with E-state index >= 15 is 0 Å². The van der Waals surface area contributed by atoms with Crippen LogP contribution in [-0.2, 0) is 0 Å². The molecule has 1 amide bonds. The maximum Gasteiger partial charge on any atom is 0.259 e. The second-order valence-corrected chi connectivity index (χ2v) is 5.69. The van der Waals surface area contributed by atoms with E-state index in [4.69, 9.17) is 0 Å². The molecule has 2 aromatic rings. The third kappa shape index (κ3) is 2.91. The molecule has 0 atom stereocenters. The number of hydrogen-bond acceptors (Lipinski definition) is 3. The first-order chi connectivity index (χ1) is 10.6. The average molecular weight is 296 g/mol. The van der Waals surface area contributed by atoms with Gasteiger partial charge in [0.05, 0.1) is 16.9 Å². The first-order valence-corrected chi connectivity index (χ1v) is 7.60. The number of rotatable bonds is 3. The van der Waals surface area contributed by atoms with Crippen molar-refractivity contribution in [3.8, 4) is 5.75 Å². The number of aromatic hydroxyl groups is 1. The van der Waals surface area contributed by atoms with Crippen LogP contribution in [0.3, 0.4) is 0 Å². The Labute approximate surface area is 130 Å². The minimum absolute atomic E-state index is 0.00162. The molecular weight excluding hydrogens is 276 g/mol. The molecule has 1 fully saturated rings. The van der Waals surface area contributed by atoms with Gasteiger partial charge < -0.3 is 15.3 Å². The van der Waals surface area contributed by atoms with Crippen molar-refractivity contribution < 1.29 is 9.90 Å². The van der Waals surface area contributed by atoms with Gasteiger partial charge in [-0.15, -0.1) is 0 Å². The highest BCUT2D eigenvalue weighted by molar-refractivity contribution is 6.07. The number of carbonyl (C=O) groups is 1. The van der Waals surface area contributed by atoms with Gasteiger partial charge in [0.1, 0.15) is 5.75 Å². The Balaban J connectivity index is 1.86. The number of amides is 1. The fourth-order valence-electron chi connectivity index (χ4n) is 2.83. The van der Waals surface area contributed by atoms with Crippen LogP contribution in [-0.4, -0.2) is 24.1 Å². The van der Waals surface area contributed by atoms with Gasteiger partial charge >= 0.3 is 0 Å². The Morgan fingerprint density at radius 1 is 1.14 bits per heavy atom. The first-order valence-electron chi connectivity index (χ1n) is 7.60. The monoisotopic (exact) mass is 296 g/mol. The summed E-state index contributed by atoms with van der Waals surface area (Å²) < 4.78 is 0. The number of hydrogen-bond donors (Lipinski definition) is 2. The fourth-order valence-corrected chi connectivity index (χ4v) is 2.83. The van der Waals surface area contributed by atoms with E-state index in [1.54, 1.807) is 18.2 Å². The zero-order valence-electron chi connectivity index (χ0n) is 12.7. The predicted octanol–water partition coefficient (Wildman–Crippen LogP) is 3.55. The molecule has 2 aromatic carbocycles. The third-order valence-electron chi connectivity index (χ3n) is 4.00. The average Bonchev–Trinajstić information content (AvgIpc) is 3.04. The van der Waals surface area contributed by atoms with Crippen LogP contribution in [0.2, 0.25) is 0 Å². The molecular formula is C18H20N2O2. The van der Waals surface area contributed by atoms with Crippen molar-refractivity contribution in [2.75, 3.05) is 23.3 Å². The second-order valence-electron chi connectivity index (χ2n) is 5.69. The molecule has 3 rings (SSSR count). The number of nitrogens with one attached hydrogen (secondary N) is 1. The van der Waals surface area contributed by atoms with Crippen molar-refractivity contribution in [1.82, 2.24) is 0 Å². The molecule has 0 aliphatic carbocycles. The highest BCUT2D eigenvalue weighted by Crippen LogP contribution is 2.29. The quantitative estimate of drug-likeness (QED) is 0.910. The minimum Gasteiger partial charge on any atom is -0.507 e. The lowest BCUT2D eigenvalue weighted by atomic mass is 10.1. The van der Waals surface area contributed by atoms with Gasteiger partial charge in [0.25, 0.3) is 5.91 Å². The molecule has 0 aromatic heterocycles. The van der Waals surface area contributed by atoms with Crippen molar-refractivity contribution in [3.63, 3.8) is 0 Å². The molecule has 4 nitrogen and oxygen atoms in total. The summed E-state index contributed by atoms with van der Waals surface area (Å²) in [6.45, 7) is 3.93. The van der Waals surface area contributed by atoms with Gasteiger partial charge in [-0.2, -0.15) is 0 Å². The Hall–Kier alpha value is -2.49. The van der Waals surface area contributed by atoms with Crippen LogP contribution in [0.15, 0.2) is 42.5 Å². The lowest BCUT2D eigenvalue weighted by Crippen LogP contribution is -2.21. The molecule has 0 unspecified atom stereocenters. The van der Waals surface area contributed by atoms with E-state index in [9.17, 15) is 9.90 Å². The van der Waals surface area contributed by atoms with E-state index in [0.29, 0.717) is 5.56 Å².